The van der Waals surface area contributed by atoms with Gasteiger partial charge in [0.25, 0.3) is 0 Å². The number of rotatable bonds is 6. The number of benzene rings is 1. The Bertz CT molecular complexity index is 419. The lowest BCUT2D eigenvalue weighted by atomic mass is 9.97. The minimum atomic E-state index is 0.254. The number of aryl methyl sites for hydroxylation is 1. The van der Waals surface area contributed by atoms with Gasteiger partial charge in [-0.1, -0.05) is 29.8 Å². The van der Waals surface area contributed by atoms with Crippen molar-refractivity contribution in [2.75, 3.05) is 33.4 Å². The van der Waals surface area contributed by atoms with Crippen LogP contribution in [0.3, 0.4) is 0 Å². The van der Waals surface area contributed by atoms with Crippen LogP contribution in [0, 0.1) is 12.8 Å². The summed E-state index contributed by atoms with van der Waals surface area (Å²) < 4.78 is 5.21. The quantitative estimate of drug-likeness (QED) is 0.748. The average Bonchev–Trinajstić information content (AvgIpc) is 2.47. The molecule has 0 aromatic heterocycles. The van der Waals surface area contributed by atoms with Crippen molar-refractivity contribution in [2.24, 2.45) is 5.92 Å². The molecule has 3 heteroatoms. The maximum Gasteiger partial charge on any atom is 0.164 e. The first kappa shape index (κ1) is 15.2. The molecule has 110 valence electrons. The topological polar surface area (TPSA) is 29.5 Å². The minimum absolute atomic E-state index is 0.254. The predicted octanol–water partition coefficient (Wildman–Crippen LogP) is 2.93. The maximum absolute atomic E-state index is 12.1. The van der Waals surface area contributed by atoms with Gasteiger partial charge in [0.05, 0.1) is 0 Å². The van der Waals surface area contributed by atoms with Crippen LogP contribution in [0.1, 0.15) is 35.2 Å². The summed E-state index contributed by atoms with van der Waals surface area (Å²) in [6.45, 7) is 5.98. The van der Waals surface area contributed by atoms with Crippen LogP contribution in [0.15, 0.2) is 24.3 Å². The molecule has 1 fully saturated rings. The molecule has 1 aromatic carbocycles. The molecule has 0 spiro atoms. The number of nitrogens with zero attached hydrogens (tertiary/aromatic N) is 1. The van der Waals surface area contributed by atoms with Gasteiger partial charge in [0.1, 0.15) is 0 Å². The van der Waals surface area contributed by atoms with Gasteiger partial charge in [-0.2, -0.15) is 0 Å². The van der Waals surface area contributed by atoms with Crippen molar-refractivity contribution in [3.63, 3.8) is 0 Å². The van der Waals surface area contributed by atoms with Crippen LogP contribution in [0.2, 0.25) is 0 Å². The summed E-state index contributed by atoms with van der Waals surface area (Å²) in [5, 5.41) is 0. The van der Waals surface area contributed by atoms with E-state index in [0.717, 1.165) is 31.8 Å². The number of hydrogen-bond acceptors (Lipinski definition) is 3. The van der Waals surface area contributed by atoms with Gasteiger partial charge in [-0.05, 0) is 38.8 Å². The average molecular weight is 275 g/mol. The van der Waals surface area contributed by atoms with E-state index < -0.39 is 0 Å². The van der Waals surface area contributed by atoms with Crippen molar-refractivity contribution in [3.8, 4) is 0 Å². The zero-order valence-corrected chi connectivity index (χ0v) is 12.6. The predicted molar refractivity (Wildman–Crippen MR) is 81.2 cm³/mol. The Morgan fingerprint density at radius 1 is 1.25 bits per heavy atom. The highest BCUT2D eigenvalue weighted by Gasteiger charge is 2.19. The van der Waals surface area contributed by atoms with Crippen LogP contribution in [0.4, 0.5) is 0 Å². The van der Waals surface area contributed by atoms with Crippen molar-refractivity contribution < 1.29 is 9.53 Å². The van der Waals surface area contributed by atoms with Gasteiger partial charge >= 0.3 is 0 Å². The van der Waals surface area contributed by atoms with E-state index >= 15 is 0 Å². The summed E-state index contributed by atoms with van der Waals surface area (Å²) in [4.78, 5) is 14.5. The molecule has 0 radical (unpaired) electrons. The van der Waals surface area contributed by atoms with Crippen LogP contribution < -0.4 is 0 Å². The van der Waals surface area contributed by atoms with Crippen molar-refractivity contribution in [2.45, 2.75) is 26.2 Å². The number of carbonyl (C=O) groups excluding carboxylic acids is 1. The first-order valence-electron chi connectivity index (χ1n) is 7.50. The van der Waals surface area contributed by atoms with Gasteiger partial charge in [-0.3, -0.25) is 4.79 Å². The van der Waals surface area contributed by atoms with Crippen LogP contribution in [0.5, 0.6) is 0 Å². The van der Waals surface area contributed by atoms with Crippen LogP contribution in [-0.4, -0.2) is 44.0 Å². The SMILES string of the molecule is COCC1CCN(CCC(=O)c2ccc(C)cc2)CC1. The Morgan fingerprint density at radius 2 is 1.90 bits per heavy atom. The Morgan fingerprint density at radius 3 is 2.50 bits per heavy atom. The number of methoxy groups -OCH3 is 1. The van der Waals surface area contributed by atoms with E-state index in [1.807, 2.05) is 31.2 Å². The van der Waals surface area contributed by atoms with Gasteiger partial charge in [-0.25, -0.2) is 0 Å². The smallest absolute Gasteiger partial charge is 0.164 e. The monoisotopic (exact) mass is 275 g/mol. The number of Topliss-reactive ketones (excluding diaryl/α,β-unsaturated/α-hetero) is 1. The van der Waals surface area contributed by atoms with Gasteiger partial charge in [-0.15, -0.1) is 0 Å². The maximum atomic E-state index is 12.1. The zero-order valence-electron chi connectivity index (χ0n) is 12.6. The van der Waals surface area contributed by atoms with E-state index in [4.69, 9.17) is 4.74 Å². The molecule has 0 bridgehead atoms. The van der Waals surface area contributed by atoms with Crippen LogP contribution in [-0.2, 0) is 4.74 Å². The number of ether oxygens (including phenoxy) is 1. The Labute approximate surface area is 121 Å². The normalized spacial score (nSPS) is 17.3. The van der Waals surface area contributed by atoms with Gasteiger partial charge in [0.2, 0.25) is 0 Å². The fraction of sp³-hybridized carbons (Fsp3) is 0.588. The Hall–Kier alpha value is -1.19. The summed E-state index contributed by atoms with van der Waals surface area (Å²) in [7, 11) is 1.77. The summed E-state index contributed by atoms with van der Waals surface area (Å²) in [6, 6.07) is 7.87. The lowest BCUT2D eigenvalue weighted by Gasteiger charge is -2.31. The number of likely N-dealkylation sites (tertiary alicyclic amines) is 1. The molecular formula is C17H25NO2. The van der Waals surface area contributed by atoms with E-state index in [2.05, 4.69) is 4.90 Å². The van der Waals surface area contributed by atoms with Crippen molar-refractivity contribution in [1.29, 1.82) is 0 Å². The molecule has 2 rings (SSSR count). The summed E-state index contributed by atoms with van der Waals surface area (Å²) >= 11 is 0. The highest BCUT2D eigenvalue weighted by molar-refractivity contribution is 5.96. The third kappa shape index (κ3) is 4.43. The molecule has 20 heavy (non-hydrogen) atoms. The van der Waals surface area contributed by atoms with Gasteiger partial charge in [0, 0.05) is 32.2 Å². The molecule has 0 aliphatic carbocycles. The zero-order chi connectivity index (χ0) is 14.4. The molecule has 0 amide bonds. The molecule has 1 heterocycles. The second-order valence-corrected chi connectivity index (χ2v) is 5.78. The molecule has 1 aliphatic heterocycles. The molecule has 3 nitrogen and oxygen atoms in total. The third-order valence-electron chi connectivity index (χ3n) is 4.14. The second kappa shape index (κ2) is 7.55. The molecule has 0 saturated carbocycles. The lowest BCUT2D eigenvalue weighted by molar-refractivity contribution is 0.0883. The fourth-order valence-electron chi connectivity index (χ4n) is 2.76. The molecule has 0 unspecified atom stereocenters. The van der Waals surface area contributed by atoms with Crippen molar-refractivity contribution in [1.82, 2.24) is 4.90 Å². The first-order chi connectivity index (χ1) is 9.69. The first-order valence-corrected chi connectivity index (χ1v) is 7.50. The van der Waals surface area contributed by atoms with E-state index in [-0.39, 0.29) is 5.78 Å². The van der Waals surface area contributed by atoms with E-state index in [1.54, 1.807) is 7.11 Å². The number of carbonyl (C=O) groups is 1. The van der Waals surface area contributed by atoms with Gasteiger partial charge in [0.15, 0.2) is 5.78 Å². The lowest BCUT2D eigenvalue weighted by Crippen LogP contribution is -2.36. The Kier molecular flexibility index (Phi) is 5.74. The number of hydrogen-bond donors (Lipinski definition) is 0. The number of ketones is 1. The van der Waals surface area contributed by atoms with Crippen molar-refractivity contribution >= 4 is 5.78 Å². The highest BCUT2D eigenvalue weighted by atomic mass is 16.5. The third-order valence-corrected chi connectivity index (χ3v) is 4.14. The molecule has 1 aromatic rings. The fourth-order valence-corrected chi connectivity index (χ4v) is 2.76. The highest BCUT2D eigenvalue weighted by Crippen LogP contribution is 2.17. The molecule has 1 aliphatic rings. The van der Waals surface area contributed by atoms with Gasteiger partial charge < -0.3 is 9.64 Å². The second-order valence-electron chi connectivity index (χ2n) is 5.78. The Balaban J connectivity index is 1.73. The van der Waals surface area contributed by atoms with Crippen LogP contribution >= 0.6 is 0 Å². The molecule has 1 saturated heterocycles. The number of piperidine rings is 1. The standard InChI is InChI=1S/C17H25NO2/c1-14-3-5-16(6-4-14)17(19)9-12-18-10-7-15(8-11-18)13-20-2/h3-6,15H,7-13H2,1-2H3. The summed E-state index contributed by atoms with van der Waals surface area (Å²) in [5.41, 5.74) is 2.03. The molecule has 0 atom stereocenters. The van der Waals surface area contributed by atoms with Crippen molar-refractivity contribution in [3.05, 3.63) is 35.4 Å². The summed E-state index contributed by atoms with van der Waals surface area (Å²) in [5.74, 6) is 0.952. The van der Waals surface area contributed by atoms with Crippen LogP contribution in [0.25, 0.3) is 0 Å². The van der Waals surface area contributed by atoms with E-state index in [9.17, 15) is 4.79 Å². The van der Waals surface area contributed by atoms with E-state index in [1.165, 1.54) is 18.4 Å². The summed E-state index contributed by atoms with van der Waals surface area (Å²) in [6.07, 6.45) is 3.00. The largest absolute Gasteiger partial charge is 0.384 e. The van der Waals surface area contributed by atoms with E-state index in [0.29, 0.717) is 12.3 Å². The minimum Gasteiger partial charge on any atom is -0.384 e. The molecular weight excluding hydrogens is 250 g/mol. The molecule has 0 N–H and O–H groups in total.